The third kappa shape index (κ3) is 4.71. The van der Waals surface area contributed by atoms with Crippen molar-refractivity contribution in [2.24, 2.45) is 0 Å². The van der Waals surface area contributed by atoms with E-state index in [1.54, 1.807) is 19.1 Å². The van der Waals surface area contributed by atoms with Crippen molar-refractivity contribution in [2.45, 2.75) is 19.5 Å². The van der Waals surface area contributed by atoms with Crippen LogP contribution in [0.1, 0.15) is 29.3 Å². The normalized spacial score (nSPS) is 15.3. The Bertz CT molecular complexity index is 794. The summed E-state index contributed by atoms with van der Waals surface area (Å²) in [6, 6.07) is 5.92. The van der Waals surface area contributed by atoms with E-state index < -0.39 is 17.7 Å². The Morgan fingerprint density at radius 2 is 1.61 bits per heavy atom. The topological polar surface area (TPSA) is 58.6 Å². The summed E-state index contributed by atoms with van der Waals surface area (Å²) in [4.78, 5) is 24.1. The number of halogens is 3. The largest absolute Gasteiger partial charge is 0.462 e. The first-order valence-corrected chi connectivity index (χ1v) is 9.05. The number of pyridine rings is 2. The van der Waals surface area contributed by atoms with Gasteiger partial charge >= 0.3 is 12.1 Å². The van der Waals surface area contributed by atoms with Crippen LogP contribution in [0.2, 0.25) is 0 Å². The van der Waals surface area contributed by atoms with Gasteiger partial charge in [-0.25, -0.2) is 14.8 Å². The number of alkyl halides is 3. The quantitative estimate of drug-likeness (QED) is 0.741. The van der Waals surface area contributed by atoms with E-state index in [2.05, 4.69) is 14.9 Å². The molecule has 0 spiro atoms. The lowest BCUT2D eigenvalue weighted by Gasteiger charge is -2.23. The van der Waals surface area contributed by atoms with Crippen molar-refractivity contribution in [2.75, 3.05) is 42.6 Å². The van der Waals surface area contributed by atoms with Gasteiger partial charge < -0.3 is 14.5 Å². The van der Waals surface area contributed by atoms with Crippen LogP contribution in [0.15, 0.2) is 36.7 Å². The lowest BCUT2D eigenvalue weighted by atomic mass is 10.2. The molecule has 1 fully saturated rings. The van der Waals surface area contributed by atoms with Crippen molar-refractivity contribution in [1.82, 2.24) is 9.97 Å². The summed E-state index contributed by atoms with van der Waals surface area (Å²) in [6.07, 6.45) is -1.21. The zero-order valence-corrected chi connectivity index (χ0v) is 15.4. The highest BCUT2D eigenvalue weighted by Gasteiger charge is 2.31. The van der Waals surface area contributed by atoms with Crippen LogP contribution in [-0.4, -0.2) is 48.7 Å². The highest BCUT2D eigenvalue weighted by atomic mass is 19.4. The number of carbonyl (C=O) groups excluding carboxylic acids is 1. The van der Waals surface area contributed by atoms with Gasteiger partial charge in [-0.1, -0.05) is 0 Å². The molecule has 0 atom stereocenters. The average molecular weight is 394 g/mol. The van der Waals surface area contributed by atoms with Crippen LogP contribution in [0, 0.1) is 0 Å². The van der Waals surface area contributed by atoms with Gasteiger partial charge in [0.25, 0.3) is 0 Å². The summed E-state index contributed by atoms with van der Waals surface area (Å²) < 4.78 is 43.0. The highest BCUT2D eigenvalue weighted by Crippen LogP contribution is 2.29. The maximum absolute atomic E-state index is 12.7. The predicted molar refractivity (Wildman–Crippen MR) is 98.5 cm³/mol. The molecule has 0 amide bonds. The van der Waals surface area contributed by atoms with Gasteiger partial charge in [-0.15, -0.1) is 0 Å². The lowest BCUT2D eigenvalue weighted by Crippen LogP contribution is -2.31. The van der Waals surface area contributed by atoms with E-state index in [0.717, 1.165) is 31.0 Å². The first-order valence-electron chi connectivity index (χ1n) is 9.05. The number of carbonyl (C=O) groups is 1. The Hall–Kier alpha value is -2.84. The van der Waals surface area contributed by atoms with Crippen molar-refractivity contribution in [3.63, 3.8) is 0 Å². The summed E-state index contributed by atoms with van der Waals surface area (Å²) >= 11 is 0. The van der Waals surface area contributed by atoms with Gasteiger partial charge in [-0.2, -0.15) is 13.2 Å². The molecule has 1 aliphatic heterocycles. The van der Waals surface area contributed by atoms with Crippen LogP contribution in [0.5, 0.6) is 0 Å². The fourth-order valence-corrected chi connectivity index (χ4v) is 3.02. The van der Waals surface area contributed by atoms with Crippen LogP contribution in [0.3, 0.4) is 0 Å². The van der Waals surface area contributed by atoms with Crippen LogP contribution in [0.25, 0.3) is 0 Å². The molecule has 0 aliphatic carbocycles. The molecule has 6 nitrogen and oxygen atoms in total. The zero-order chi connectivity index (χ0) is 20.1. The number of hydrogen-bond acceptors (Lipinski definition) is 6. The number of nitrogens with zero attached hydrogens (tertiary/aromatic N) is 4. The molecule has 2 aromatic heterocycles. The Morgan fingerprint density at radius 1 is 1.00 bits per heavy atom. The molecule has 3 heterocycles. The fraction of sp³-hybridized carbons (Fsp3) is 0.421. The van der Waals surface area contributed by atoms with Gasteiger partial charge in [0.1, 0.15) is 11.6 Å². The SMILES string of the molecule is CCOC(=O)c1ccc(N2CCCN(c3ccc(C(F)(F)F)cn3)CC2)nc1. The highest BCUT2D eigenvalue weighted by molar-refractivity contribution is 5.89. The lowest BCUT2D eigenvalue weighted by molar-refractivity contribution is -0.137. The molecule has 0 bridgehead atoms. The van der Waals surface area contributed by atoms with Crippen LogP contribution in [0.4, 0.5) is 24.8 Å². The summed E-state index contributed by atoms with van der Waals surface area (Å²) in [5.74, 6) is 0.868. The minimum atomic E-state index is -4.39. The van der Waals surface area contributed by atoms with Gasteiger partial charge in [-0.3, -0.25) is 0 Å². The van der Waals surface area contributed by atoms with Crippen molar-refractivity contribution in [3.05, 3.63) is 47.8 Å². The molecule has 0 radical (unpaired) electrons. The molecule has 0 unspecified atom stereocenters. The maximum atomic E-state index is 12.7. The number of esters is 1. The molecular weight excluding hydrogens is 373 g/mol. The number of anilines is 2. The van der Waals surface area contributed by atoms with Crippen LogP contribution >= 0.6 is 0 Å². The summed E-state index contributed by atoms with van der Waals surface area (Å²) in [5.41, 5.74) is -0.352. The van der Waals surface area contributed by atoms with Gasteiger partial charge in [0.2, 0.25) is 0 Å². The molecule has 150 valence electrons. The number of rotatable bonds is 4. The summed E-state index contributed by atoms with van der Waals surface area (Å²) in [7, 11) is 0. The molecule has 1 saturated heterocycles. The molecule has 1 aliphatic rings. The third-order valence-corrected chi connectivity index (χ3v) is 4.48. The number of aromatic nitrogens is 2. The van der Waals surface area contributed by atoms with Crippen LogP contribution in [-0.2, 0) is 10.9 Å². The molecular formula is C19H21F3N4O2. The average Bonchev–Trinajstić information content (AvgIpc) is 2.94. The molecule has 9 heteroatoms. The molecule has 3 rings (SSSR count). The second kappa shape index (κ2) is 8.45. The molecule has 2 aromatic rings. The summed E-state index contributed by atoms with van der Waals surface area (Å²) in [6.45, 7) is 4.75. The zero-order valence-electron chi connectivity index (χ0n) is 15.4. The van der Waals surface area contributed by atoms with Gasteiger partial charge in [-0.05, 0) is 37.6 Å². The van der Waals surface area contributed by atoms with Gasteiger partial charge in [0.15, 0.2) is 0 Å². The van der Waals surface area contributed by atoms with E-state index in [9.17, 15) is 18.0 Å². The van der Waals surface area contributed by atoms with E-state index in [0.29, 0.717) is 37.6 Å². The number of hydrogen-bond donors (Lipinski definition) is 0. The monoisotopic (exact) mass is 394 g/mol. The standard InChI is InChI=1S/C19H21F3N4O2/c1-2-28-18(27)14-4-6-16(23-12-14)25-8-3-9-26(11-10-25)17-7-5-15(13-24-17)19(20,21)22/h4-7,12-13H,2-3,8-11H2,1H3. The fourth-order valence-electron chi connectivity index (χ4n) is 3.02. The second-order valence-corrected chi connectivity index (χ2v) is 6.36. The Labute approximate surface area is 160 Å². The van der Waals surface area contributed by atoms with E-state index >= 15 is 0 Å². The van der Waals surface area contributed by atoms with Crippen LogP contribution < -0.4 is 9.80 Å². The first-order chi connectivity index (χ1) is 13.4. The Kier molecular flexibility index (Phi) is 6.01. The Morgan fingerprint density at radius 3 is 2.07 bits per heavy atom. The minimum absolute atomic E-state index is 0.306. The van der Waals surface area contributed by atoms with Crippen molar-refractivity contribution in [1.29, 1.82) is 0 Å². The predicted octanol–water partition coefficient (Wildman–Crippen LogP) is 3.39. The maximum Gasteiger partial charge on any atom is 0.417 e. The smallest absolute Gasteiger partial charge is 0.417 e. The molecule has 0 N–H and O–H groups in total. The van der Waals surface area contributed by atoms with E-state index in [4.69, 9.17) is 4.74 Å². The van der Waals surface area contributed by atoms with E-state index in [-0.39, 0.29) is 0 Å². The van der Waals surface area contributed by atoms with E-state index in [1.165, 1.54) is 12.3 Å². The molecule has 28 heavy (non-hydrogen) atoms. The van der Waals surface area contributed by atoms with Crippen molar-refractivity contribution in [3.8, 4) is 0 Å². The molecule has 0 aromatic carbocycles. The number of ether oxygens (including phenoxy) is 1. The van der Waals surface area contributed by atoms with Gasteiger partial charge in [0, 0.05) is 38.6 Å². The molecule has 0 saturated carbocycles. The van der Waals surface area contributed by atoms with E-state index in [1.807, 2.05) is 4.90 Å². The van der Waals surface area contributed by atoms with Crippen molar-refractivity contribution >= 4 is 17.6 Å². The van der Waals surface area contributed by atoms with Gasteiger partial charge in [0.05, 0.1) is 17.7 Å². The Balaban J connectivity index is 1.64. The second-order valence-electron chi connectivity index (χ2n) is 6.36. The first kappa shape index (κ1) is 19.9. The van der Waals surface area contributed by atoms with Crippen molar-refractivity contribution < 1.29 is 22.7 Å². The summed E-state index contributed by atoms with van der Waals surface area (Å²) in [5, 5.41) is 0. The third-order valence-electron chi connectivity index (χ3n) is 4.48. The minimum Gasteiger partial charge on any atom is -0.462 e.